The molecule has 2 rings (SSSR count). The molecule has 1 aromatic heterocycles. The number of benzene rings is 1. The molecule has 18 heavy (non-hydrogen) atoms. The number of rotatable bonds is 5. The first kappa shape index (κ1) is 13.0. The Bertz CT molecular complexity index is 522. The van der Waals surface area contributed by atoms with Crippen molar-refractivity contribution in [2.45, 2.75) is 20.1 Å². The number of halogens is 1. The third-order valence-electron chi connectivity index (χ3n) is 2.71. The van der Waals surface area contributed by atoms with Crippen molar-refractivity contribution in [2.75, 3.05) is 7.05 Å². The van der Waals surface area contributed by atoms with Crippen LogP contribution in [-0.4, -0.2) is 7.05 Å². The van der Waals surface area contributed by atoms with Crippen LogP contribution in [-0.2, 0) is 13.2 Å². The Kier molecular flexibility index (Phi) is 4.28. The highest BCUT2D eigenvalue weighted by atomic mass is 35.5. The summed E-state index contributed by atoms with van der Waals surface area (Å²) in [6, 6.07) is 7.55. The van der Waals surface area contributed by atoms with Crippen LogP contribution in [0.1, 0.15) is 16.9 Å². The topological polar surface area (TPSA) is 34.4 Å². The fraction of sp³-hybridized carbons (Fsp3) is 0.286. The summed E-state index contributed by atoms with van der Waals surface area (Å²) in [5.41, 5.74) is 2.11. The van der Waals surface area contributed by atoms with Gasteiger partial charge in [-0.15, -0.1) is 0 Å². The lowest BCUT2D eigenvalue weighted by molar-refractivity contribution is 0.299. The first-order valence-corrected chi connectivity index (χ1v) is 6.17. The van der Waals surface area contributed by atoms with Gasteiger partial charge in [0.1, 0.15) is 18.1 Å². The quantitative estimate of drug-likeness (QED) is 0.898. The summed E-state index contributed by atoms with van der Waals surface area (Å²) in [5.74, 6) is 1.70. The summed E-state index contributed by atoms with van der Waals surface area (Å²) in [4.78, 5) is 0. The molecule has 96 valence electrons. The van der Waals surface area contributed by atoms with E-state index in [2.05, 4.69) is 5.32 Å². The Balaban J connectivity index is 2.06. The molecule has 0 radical (unpaired) electrons. The molecule has 0 atom stereocenters. The van der Waals surface area contributed by atoms with Crippen molar-refractivity contribution in [1.29, 1.82) is 0 Å². The minimum atomic E-state index is 0.481. The highest BCUT2D eigenvalue weighted by Crippen LogP contribution is 2.24. The molecule has 1 heterocycles. The number of furan rings is 1. The van der Waals surface area contributed by atoms with Gasteiger partial charge in [-0.05, 0) is 37.7 Å². The molecule has 1 aromatic carbocycles. The molecule has 0 aliphatic rings. The standard InChI is InChI=1S/C14H16ClNO2/c1-10-3-4-12(15)7-13(10)18-9-11-5-6-17-14(11)8-16-2/h3-7,16H,8-9H2,1-2H3. The molecule has 0 bridgehead atoms. The molecule has 0 fully saturated rings. The van der Waals surface area contributed by atoms with E-state index < -0.39 is 0 Å². The fourth-order valence-corrected chi connectivity index (χ4v) is 1.86. The summed E-state index contributed by atoms with van der Waals surface area (Å²) in [6.07, 6.45) is 1.68. The minimum absolute atomic E-state index is 0.481. The van der Waals surface area contributed by atoms with Gasteiger partial charge in [0.25, 0.3) is 0 Å². The van der Waals surface area contributed by atoms with Crippen molar-refractivity contribution in [3.05, 3.63) is 52.4 Å². The van der Waals surface area contributed by atoms with E-state index in [4.69, 9.17) is 20.8 Å². The maximum Gasteiger partial charge on any atom is 0.124 e. The zero-order chi connectivity index (χ0) is 13.0. The molecule has 0 aliphatic carbocycles. The predicted molar refractivity (Wildman–Crippen MR) is 72.0 cm³/mol. The minimum Gasteiger partial charge on any atom is -0.488 e. The number of ether oxygens (including phenoxy) is 1. The first-order valence-electron chi connectivity index (χ1n) is 5.79. The highest BCUT2D eigenvalue weighted by Gasteiger charge is 2.07. The van der Waals surface area contributed by atoms with Gasteiger partial charge in [0, 0.05) is 10.6 Å². The summed E-state index contributed by atoms with van der Waals surface area (Å²) >= 11 is 5.95. The second kappa shape index (κ2) is 5.94. The van der Waals surface area contributed by atoms with Crippen LogP contribution in [0, 0.1) is 6.92 Å². The molecule has 2 aromatic rings. The van der Waals surface area contributed by atoms with E-state index in [9.17, 15) is 0 Å². The van der Waals surface area contributed by atoms with Crippen LogP contribution >= 0.6 is 11.6 Å². The molecule has 0 aliphatic heterocycles. The first-order chi connectivity index (χ1) is 8.70. The summed E-state index contributed by atoms with van der Waals surface area (Å²) < 4.78 is 11.2. The van der Waals surface area contributed by atoms with Crippen molar-refractivity contribution < 1.29 is 9.15 Å². The normalized spacial score (nSPS) is 10.6. The largest absolute Gasteiger partial charge is 0.488 e. The molecule has 0 saturated heterocycles. The number of hydrogen-bond acceptors (Lipinski definition) is 3. The highest BCUT2D eigenvalue weighted by molar-refractivity contribution is 6.30. The van der Waals surface area contributed by atoms with E-state index in [1.807, 2.05) is 38.2 Å². The van der Waals surface area contributed by atoms with Crippen LogP contribution < -0.4 is 10.1 Å². The summed E-state index contributed by atoms with van der Waals surface area (Å²) in [5, 5.41) is 3.74. The van der Waals surface area contributed by atoms with Gasteiger partial charge < -0.3 is 14.5 Å². The number of hydrogen-bond donors (Lipinski definition) is 1. The average Bonchev–Trinajstić information content (AvgIpc) is 2.78. The lowest BCUT2D eigenvalue weighted by Gasteiger charge is -2.09. The SMILES string of the molecule is CNCc1occc1COc1cc(Cl)ccc1C. The van der Waals surface area contributed by atoms with Crippen molar-refractivity contribution in [3.63, 3.8) is 0 Å². The van der Waals surface area contributed by atoms with Crippen LogP contribution in [0.3, 0.4) is 0 Å². The van der Waals surface area contributed by atoms with E-state index >= 15 is 0 Å². The monoisotopic (exact) mass is 265 g/mol. The second-order valence-corrected chi connectivity index (χ2v) is 4.53. The van der Waals surface area contributed by atoms with E-state index in [0.29, 0.717) is 18.2 Å². The Hall–Kier alpha value is -1.45. The van der Waals surface area contributed by atoms with E-state index in [-0.39, 0.29) is 0 Å². The summed E-state index contributed by atoms with van der Waals surface area (Å²) in [6.45, 7) is 3.17. The average molecular weight is 266 g/mol. The summed E-state index contributed by atoms with van der Waals surface area (Å²) in [7, 11) is 1.88. The molecule has 0 saturated carbocycles. The van der Waals surface area contributed by atoms with Crippen LogP contribution in [0.5, 0.6) is 5.75 Å². The second-order valence-electron chi connectivity index (χ2n) is 4.10. The van der Waals surface area contributed by atoms with Gasteiger partial charge >= 0.3 is 0 Å². The van der Waals surface area contributed by atoms with Gasteiger partial charge in [-0.1, -0.05) is 17.7 Å². The number of nitrogens with one attached hydrogen (secondary N) is 1. The maximum absolute atomic E-state index is 5.95. The van der Waals surface area contributed by atoms with Gasteiger partial charge in [0.05, 0.1) is 12.8 Å². The molecule has 3 nitrogen and oxygen atoms in total. The third-order valence-corrected chi connectivity index (χ3v) is 2.94. The predicted octanol–water partition coefficient (Wildman–Crippen LogP) is 3.54. The molecule has 0 unspecified atom stereocenters. The smallest absolute Gasteiger partial charge is 0.124 e. The molecule has 0 amide bonds. The lowest BCUT2D eigenvalue weighted by atomic mass is 10.2. The van der Waals surface area contributed by atoms with Crippen molar-refractivity contribution in [1.82, 2.24) is 5.32 Å². The van der Waals surface area contributed by atoms with E-state index in [1.165, 1.54) is 0 Å². The van der Waals surface area contributed by atoms with Crippen LogP contribution in [0.25, 0.3) is 0 Å². The molecule has 1 N–H and O–H groups in total. The molecule has 0 spiro atoms. The van der Waals surface area contributed by atoms with Gasteiger partial charge in [-0.3, -0.25) is 0 Å². The van der Waals surface area contributed by atoms with Crippen molar-refractivity contribution in [3.8, 4) is 5.75 Å². The third kappa shape index (κ3) is 3.06. The van der Waals surface area contributed by atoms with Gasteiger partial charge in [-0.2, -0.15) is 0 Å². The molecular weight excluding hydrogens is 250 g/mol. The van der Waals surface area contributed by atoms with Crippen molar-refractivity contribution in [2.24, 2.45) is 0 Å². The Labute approximate surface area is 112 Å². The van der Waals surface area contributed by atoms with Crippen LogP contribution in [0.4, 0.5) is 0 Å². The Morgan fingerprint density at radius 1 is 1.33 bits per heavy atom. The maximum atomic E-state index is 5.95. The van der Waals surface area contributed by atoms with Crippen molar-refractivity contribution >= 4 is 11.6 Å². The van der Waals surface area contributed by atoms with Gasteiger partial charge in [0.15, 0.2) is 0 Å². The zero-order valence-electron chi connectivity index (χ0n) is 10.5. The lowest BCUT2D eigenvalue weighted by Crippen LogP contribution is -2.07. The Morgan fingerprint density at radius 2 is 2.17 bits per heavy atom. The van der Waals surface area contributed by atoms with Crippen LogP contribution in [0.2, 0.25) is 5.02 Å². The fourth-order valence-electron chi connectivity index (χ4n) is 1.70. The van der Waals surface area contributed by atoms with Crippen LogP contribution in [0.15, 0.2) is 34.9 Å². The zero-order valence-corrected chi connectivity index (χ0v) is 11.3. The molecular formula is C14H16ClNO2. The Morgan fingerprint density at radius 3 is 2.94 bits per heavy atom. The van der Waals surface area contributed by atoms with Gasteiger partial charge in [0.2, 0.25) is 0 Å². The molecule has 4 heteroatoms. The van der Waals surface area contributed by atoms with Gasteiger partial charge in [-0.25, -0.2) is 0 Å². The van der Waals surface area contributed by atoms with E-state index in [1.54, 1.807) is 6.26 Å². The van der Waals surface area contributed by atoms with E-state index in [0.717, 1.165) is 22.6 Å². The number of aryl methyl sites for hydroxylation is 1.